The van der Waals surface area contributed by atoms with Gasteiger partial charge in [0.15, 0.2) is 5.65 Å². The molecule has 3 heterocycles. The third-order valence-electron chi connectivity index (χ3n) is 6.85. The van der Waals surface area contributed by atoms with Crippen LogP contribution in [0.5, 0.6) is 5.75 Å². The van der Waals surface area contributed by atoms with E-state index in [0.717, 1.165) is 34.5 Å². The second-order valence-corrected chi connectivity index (χ2v) is 9.03. The van der Waals surface area contributed by atoms with E-state index in [0.29, 0.717) is 30.2 Å². The minimum atomic E-state index is -0.0824. The van der Waals surface area contributed by atoms with Gasteiger partial charge >= 0.3 is 0 Å². The average molecular weight is 475 g/mol. The molecule has 0 aliphatic carbocycles. The lowest BCUT2D eigenvalue weighted by Crippen LogP contribution is -2.36. The van der Waals surface area contributed by atoms with Gasteiger partial charge in [-0.25, -0.2) is 9.50 Å². The summed E-state index contributed by atoms with van der Waals surface area (Å²) in [5.41, 5.74) is 7.95. The highest BCUT2D eigenvalue weighted by molar-refractivity contribution is 5.95. The highest BCUT2D eigenvalue weighted by Crippen LogP contribution is 2.34. The summed E-state index contributed by atoms with van der Waals surface area (Å²) >= 11 is 0. The molecule has 178 valence electrons. The standard InChI is InChI=1S/C30H26N4O2/c1-20-28(22-11-4-3-5-12-22)29-31-25(30(35)33-17-16-21-10-6-7-13-23(21)19-33)18-26(34(29)32-20)24-14-8-9-15-27(24)36-2/h3-15,18H,16-17,19H2,1-2H3. The summed E-state index contributed by atoms with van der Waals surface area (Å²) in [6, 6.07) is 28.0. The Morgan fingerprint density at radius 2 is 1.64 bits per heavy atom. The summed E-state index contributed by atoms with van der Waals surface area (Å²) in [6.45, 7) is 3.22. The normalized spacial score (nSPS) is 13.0. The number of hydrogen-bond acceptors (Lipinski definition) is 4. The molecule has 0 saturated carbocycles. The van der Waals surface area contributed by atoms with Gasteiger partial charge in [0, 0.05) is 24.2 Å². The van der Waals surface area contributed by atoms with Gasteiger partial charge in [-0.15, -0.1) is 0 Å². The van der Waals surface area contributed by atoms with Crippen LogP contribution in [0.3, 0.4) is 0 Å². The lowest BCUT2D eigenvalue weighted by atomic mass is 9.99. The van der Waals surface area contributed by atoms with Crippen LogP contribution >= 0.6 is 0 Å². The van der Waals surface area contributed by atoms with E-state index >= 15 is 0 Å². The molecular formula is C30H26N4O2. The Hall–Kier alpha value is -4.45. The van der Waals surface area contributed by atoms with Crippen LogP contribution in [0.2, 0.25) is 0 Å². The molecule has 6 heteroatoms. The second kappa shape index (κ2) is 8.96. The molecule has 1 aliphatic rings. The summed E-state index contributed by atoms with van der Waals surface area (Å²) in [5, 5.41) is 4.86. The van der Waals surface area contributed by atoms with Crippen molar-refractivity contribution < 1.29 is 9.53 Å². The average Bonchev–Trinajstić information content (AvgIpc) is 3.27. The first-order valence-corrected chi connectivity index (χ1v) is 12.1. The van der Waals surface area contributed by atoms with Crippen molar-refractivity contribution in [2.75, 3.05) is 13.7 Å². The van der Waals surface area contributed by atoms with Gasteiger partial charge < -0.3 is 9.64 Å². The van der Waals surface area contributed by atoms with Crippen LogP contribution in [-0.4, -0.2) is 39.1 Å². The molecule has 3 aromatic carbocycles. The highest BCUT2D eigenvalue weighted by Gasteiger charge is 2.26. The van der Waals surface area contributed by atoms with Gasteiger partial charge in [-0.2, -0.15) is 5.10 Å². The molecule has 1 amide bonds. The first kappa shape index (κ1) is 22.0. The summed E-state index contributed by atoms with van der Waals surface area (Å²) in [7, 11) is 1.65. The van der Waals surface area contributed by atoms with Gasteiger partial charge in [-0.3, -0.25) is 4.79 Å². The fourth-order valence-corrected chi connectivity index (χ4v) is 5.05. The number of ether oxygens (including phenoxy) is 1. The van der Waals surface area contributed by atoms with Crippen molar-refractivity contribution in [3.05, 3.63) is 107 Å². The van der Waals surface area contributed by atoms with Crippen molar-refractivity contribution in [3.63, 3.8) is 0 Å². The van der Waals surface area contributed by atoms with Crippen LogP contribution in [0.4, 0.5) is 0 Å². The molecule has 0 atom stereocenters. The third-order valence-corrected chi connectivity index (χ3v) is 6.85. The molecule has 0 N–H and O–H groups in total. The largest absolute Gasteiger partial charge is 0.496 e. The molecule has 0 saturated heterocycles. The zero-order valence-electron chi connectivity index (χ0n) is 20.3. The maximum absolute atomic E-state index is 13.8. The van der Waals surface area contributed by atoms with Crippen molar-refractivity contribution in [1.82, 2.24) is 19.5 Å². The Balaban J connectivity index is 1.54. The van der Waals surface area contributed by atoms with Crippen LogP contribution in [0.25, 0.3) is 28.0 Å². The van der Waals surface area contributed by atoms with Crippen molar-refractivity contribution in [2.24, 2.45) is 0 Å². The molecule has 2 aromatic heterocycles. The number of hydrogen-bond donors (Lipinski definition) is 0. The predicted octanol–water partition coefficient (Wildman–Crippen LogP) is 5.58. The van der Waals surface area contributed by atoms with Crippen LogP contribution in [0, 0.1) is 6.92 Å². The van der Waals surface area contributed by atoms with Crippen LogP contribution in [0.15, 0.2) is 84.9 Å². The zero-order valence-corrected chi connectivity index (χ0v) is 20.3. The van der Waals surface area contributed by atoms with Gasteiger partial charge in [-0.1, -0.05) is 66.7 Å². The Kier molecular flexibility index (Phi) is 5.49. The SMILES string of the molecule is COc1ccccc1-c1cc(C(=O)N2CCc3ccccc3C2)nc2c(-c3ccccc3)c(C)nn12. The van der Waals surface area contributed by atoms with Crippen molar-refractivity contribution >= 4 is 11.6 Å². The maximum Gasteiger partial charge on any atom is 0.272 e. The minimum Gasteiger partial charge on any atom is -0.496 e. The van der Waals surface area contributed by atoms with E-state index in [1.807, 2.05) is 83.1 Å². The predicted molar refractivity (Wildman–Crippen MR) is 140 cm³/mol. The van der Waals surface area contributed by atoms with E-state index in [1.54, 1.807) is 7.11 Å². The second-order valence-electron chi connectivity index (χ2n) is 9.03. The first-order valence-electron chi connectivity index (χ1n) is 12.1. The van der Waals surface area contributed by atoms with Gasteiger partial charge in [0.05, 0.1) is 18.5 Å². The molecule has 0 bridgehead atoms. The Morgan fingerprint density at radius 3 is 2.44 bits per heavy atom. The molecule has 6 rings (SSSR count). The Labute approximate surface area is 209 Å². The number of methoxy groups -OCH3 is 1. The molecule has 5 aromatic rings. The van der Waals surface area contributed by atoms with Crippen LogP contribution in [0.1, 0.15) is 27.3 Å². The fraction of sp³-hybridized carbons (Fsp3) is 0.167. The summed E-state index contributed by atoms with van der Waals surface area (Å²) < 4.78 is 7.50. The molecule has 6 nitrogen and oxygen atoms in total. The van der Waals surface area contributed by atoms with E-state index in [-0.39, 0.29) is 5.91 Å². The number of carbonyl (C=O) groups is 1. The van der Waals surface area contributed by atoms with Crippen molar-refractivity contribution in [3.8, 4) is 28.1 Å². The number of fused-ring (bicyclic) bond motifs is 2. The monoisotopic (exact) mass is 474 g/mol. The topological polar surface area (TPSA) is 59.7 Å². The number of aromatic nitrogens is 3. The van der Waals surface area contributed by atoms with E-state index in [2.05, 4.69) is 18.2 Å². The van der Waals surface area contributed by atoms with Gasteiger partial charge in [0.25, 0.3) is 5.91 Å². The molecule has 0 fully saturated rings. The van der Waals surface area contributed by atoms with E-state index in [1.165, 1.54) is 11.1 Å². The Bertz CT molecular complexity index is 1590. The number of para-hydroxylation sites is 1. The number of carbonyl (C=O) groups excluding carboxylic acids is 1. The first-order chi connectivity index (χ1) is 17.6. The fourth-order valence-electron chi connectivity index (χ4n) is 5.05. The van der Waals surface area contributed by atoms with Crippen molar-refractivity contribution in [1.29, 1.82) is 0 Å². The number of aryl methyl sites for hydroxylation is 1. The zero-order chi connectivity index (χ0) is 24.6. The molecular weight excluding hydrogens is 448 g/mol. The van der Waals surface area contributed by atoms with Gasteiger partial charge in [0.1, 0.15) is 11.4 Å². The summed E-state index contributed by atoms with van der Waals surface area (Å²) in [5.74, 6) is 0.630. The Morgan fingerprint density at radius 1 is 0.917 bits per heavy atom. The van der Waals surface area contributed by atoms with Crippen LogP contribution < -0.4 is 4.74 Å². The third kappa shape index (κ3) is 3.71. The molecule has 0 spiro atoms. The lowest BCUT2D eigenvalue weighted by molar-refractivity contribution is 0.0729. The lowest BCUT2D eigenvalue weighted by Gasteiger charge is -2.28. The number of benzene rings is 3. The molecule has 1 aliphatic heterocycles. The summed E-state index contributed by atoms with van der Waals surface area (Å²) in [6.07, 6.45) is 0.838. The smallest absolute Gasteiger partial charge is 0.272 e. The van der Waals surface area contributed by atoms with E-state index in [4.69, 9.17) is 14.8 Å². The van der Waals surface area contributed by atoms with Crippen LogP contribution in [-0.2, 0) is 13.0 Å². The van der Waals surface area contributed by atoms with Gasteiger partial charge in [-0.05, 0) is 48.2 Å². The van der Waals surface area contributed by atoms with E-state index in [9.17, 15) is 4.79 Å². The number of rotatable bonds is 4. The minimum absolute atomic E-state index is 0.0824. The number of nitrogens with zero attached hydrogens (tertiary/aromatic N) is 4. The molecule has 36 heavy (non-hydrogen) atoms. The summed E-state index contributed by atoms with van der Waals surface area (Å²) in [4.78, 5) is 20.6. The number of amides is 1. The maximum atomic E-state index is 13.8. The molecule has 0 radical (unpaired) electrons. The molecule has 0 unspecified atom stereocenters. The van der Waals surface area contributed by atoms with Crippen molar-refractivity contribution in [2.45, 2.75) is 19.9 Å². The quantitative estimate of drug-likeness (QED) is 0.341. The highest BCUT2D eigenvalue weighted by atomic mass is 16.5. The van der Waals surface area contributed by atoms with E-state index < -0.39 is 0 Å². The van der Waals surface area contributed by atoms with Gasteiger partial charge in [0.2, 0.25) is 0 Å².